The summed E-state index contributed by atoms with van der Waals surface area (Å²) in [6, 6.07) is -0.619. The van der Waals surface area contributed by atoms with Gasteiger partial charge in [-0.2, -0.15) is 0 Å². The fourth-order valence-corrected chi connectivity index (χ4v) is 18.2. The van der Waals surface area contributed by atoms with E-state index in [2.05, 4.69) is 64.3 Å². The van der Waals surface area contributed by atoms with Crippen molar-refractivity contribution in [1.29, 1.82) is 0 Å². The molecule has 10 rings (SSSR count). The van der Waals surface area contributed by atoms with E-state index in [0.29, 0.717) is 69.4 Å². The number of hydrogen-bond donors (Lipinski definition) is 14. The minimum atomic E-state index is -1.69. The molecule has 2 aromatic heterocycles. The van der Waals surface area contributed by atoms with Crippen molar-refractivity contribution in [3.05, 3.63) is 41.9 Å². The van der Waals surface area contributed by atoms with Crippen LogP contribution in [0.15, 0.2) is 30.5 Å². The smallest absolute Gasteiger partial charge is 0.310 e. The van der Waals surface area contributed by atoms with Gasteiger partial charge in [-0.15, -0.1) is 0 Å². The van der Waals surface area contributed by atoms with Crippen LogP contribution in [-0.2, 0) is 25.5 Å². The second-order valence-electron chi connectivity index (χ2n) is 25.2. The molecule has 2 saturated heterocycles. The van der Waals surface area contributed by atoms with E-state index < -0.39 is 130 Å². The van der Waals surface area contributed by atoms with Crippen LogP contribution in [0.2, 0.25) is 0 Å². The summed E-state index contributed by atoms with van der Waals surface area (Å²) < 4.78 is 12.5. The maximum atomic E-state index is 14.3. The van der Waals surface area contributed by atoms with Crippen molar-refractivity contribution in [3.63, 3.8) is 0 Å². The number of anilines is 1. The van der Waals surface area contributed by atoms with E-state index in [9.17, 15) is 55.5 Å². The maximum absolute atomic E-state index is 14.3. The largest absolute Gasteiger partial charge is 0.481 e. The minimum Gasteiger partial charge on any atom is -0.481 e. The van der Waals surface area contributed by atoms with Gasteiger partial charge in [0.25, 0.3) is 0 Å². The van der Waals surface area contributed by atoms with Gasteiger partial charge in [-0.1, -0.05) is 46.3 Å². The lowest BCUT2D eigenvalue weighted by Gasteiger charge is -2.75. The van der Waals surface area contributed by atoms with Gasteiger partial charge in [0.05, 0.1) is 61.7 Å². The van der Waals surface area contributed by atoms with Gasteiger partial charge in [-0.05, 0) is 127 Å². The van der Waals surface area contributed by atoms with Gasteiger partial charge in [-0.25, -0.2) is 9.97 Å². The predicted molar refractivity (Wildman–Crippen MR) is 262 cm³/mol. The predicted octanol–water partition coefficient (Wildman–Crippen LogP) is 1.36. The zero-order chi connectivity index (χ0) is 52.4. The number of nitrogens with zero attached hydrogens (tertiary/aromatic N) is 2. The van der Waals surface area contributed by atoms with Crippen molar-refractivity contribution < 1.29 is 65.0 Å². The lowest BCUT2D eigenvalue weighted by molar-refractivity contribution is -0.341. The number of rotatable bonds is 13. The highest BCUT2D eigenvalue weighted by molar-refractivity contribution is 5.82. The minimum absolute atomic E-state index is 0.0723. The first kappa shape index (κ1) is 52.9. The molecule has 406 valence electrons. The number of nitrogens with two attached hydrogens (primary N) is 1. The quantitative estimate of drug-likeness (QED) is 0.0765. The Bertz CT molecular complexity index is 2390. The Morgan fingerprint density at radius 2 is 1.73 bits per heavy atom. The molecule has 0 spiro atoms. The number of aliphatic carboxylic acids is 1. The van der Waals surface area contributed by atoms with Crippen LogP contribution in [0.3, 0.4) is 0 Å². The number of aliphatic hydroxyl groups excluding tert-OH is 8. The zero-order valence-corrected chi connectivity index (χ0v) is 42.9. The molecule has 2 aromatic rings. The maximum Gasteiger partial charge on any atom is 0.310 e. The number of aromatic nitrogens is 4. The van der Waals surface area contributed by atoms with Gasteiger partial charge >= 0.3 is 5.97 Å². The van der Waals surface area contributed by atoms with Crippen molar-refractivity contribution >= 4 is 17.7 Å². The number of carboxylic acids is 1. The summed E-state index contributed by atoms with van der Waals surface area (Å²) in [6.07, 6.45) is 1.72. The summed E-state index contributed by atoms with van der Waals surface area (Å²) in [5, 5.41) is 109. The molecule has 4 saturated carbocycles. The highest BCUT2D eigenvalue weighted by Gasteiger charge is 2.77. The number of ether oxygens (including phenoxy) is 2. The van der Waals surface area contributed by atoms with Crippen LogP contribution in [0.25, 0.3) is 0 Å². The standard InChI is InChI=1S/C53H81N7O13/c1-48(21-62)12-13-53(47(70)71)31(16-48)28-7-8-37-50(3,52(28,5)29-15-33-44(59-24-58-33)56-17-32(29)53)11-10-36-49(2,22-63)43(73-46-42(68)41(67)35(64)20-72-46)40(66)30(51(36,37)4)14-26-27(19-61)45(69)60-39(26)25(6-9-38(54)65)34-18-55-23-57-34/h7,18,23-27,29-32,35-43,46,56,61-68H,6,8-17,19-22,54H2,1-5H3,(H,55,57)(H,58,59)(H,60,69)(H,70,71). The normalized spacial score (nSPS) is 47.9. The Hall–Kier alpha value is -3.54. The number of amides is 1. The fourth-order valence-electron chi connectivity index (χ4n) is 18.2. The number of carbonyl (C=O) groups excluding carboxylic acids is 1. The third-order valence-corrected chi connectivity index (χ3v) is 22.2. The Kier molecular flexibility index (Phi) is 13.7. The van der Waals surface area contributed by atoms with Gasteiger partial charge < -0.3 is 81.8 Å². The topological polar surface area (TPSA) is 342 Å². The van der Waals surface area contributed by atoms with Gasteiger partial charge in [-0.3, -0.25) is 9.59 Å². The molecule has 0 aromatic carbocycles. The van der Waals surface area contributed by atoms with E-state index in [4.69, 9.17) is 15.2 Å². The van der Waals surface area contributed by atoms with Gasteiger partial charge in [0.2, 0.25) is 5.91 Å². The molecule has 73 heavy (non-hydrogen) atoms. The summed E-state index contributed by atoms with van der Waals surface area (Å²) in [5.74, 6) is -4.71. The van der Waals surface area contributed by atoms with E-state index in [0.717, 1.165) is 11.3 Å². The van der Waals surface area contributed by atoms with Crippen molar-refractivity contribution in [3.8, 4) is 0 Å². The number of aromatic amines is 2. The molecular weight excluding hydrogens is 943 g/mol. The fraction of sp³-hybridized carbons (Fsp3) is 0.811. The Labute approximate surface area is 426 Å². The molecular formula is C53H81N7O13. The number of imidazole rings is 2. The van der Waals surface area contributed by atoms with Crippen molar-refractivity contribution in [2.24, 2.45) is 85.6 Å². The molecule has 23 unspecified atom stereocenters. The van der Waals surface area contributed by atoms with Crippen LogP contribution in [0.5, 0.6) is 0 Å². The number of allylic oxidation sites excluding steroid dienone is 2. The van der Waals surface area contributed by atoms with E-state index >= 15 is 0 Å². The van der Waals surface area contributed by atoms with Crippen LogP contribution in [0.4, 0.5) is 5.82 Å². The average molecular weight is 1020 g/mol. The zero-order valence-electron chi connectivity index (χ0n) is 42.9. The monoisotopic (exact) mass is 1020 g/mol. The van der Waals surface area contributed by atoms with Crippen molar-refractivity contribution in [2.45, 2.75) is 154 Å². The van der Waals surface area contributed by atoms with Gasteiger partial charge in [0.1, 0.15) is 30.4 Å². The molecule has 23 atom stereocenters. The number of aliphatic hydroxyl groups is 8. The van der Waals surface area contributed by atoms with Crippen LogP contribution in [0.1, 0.15) is 110 Å². The van der Waals surface area contributed by atoms with Crippen molar-refractivity contribution in [1.82, 2.24) is 25.3 Å². The van der Waals surface area contributed by atoms with Crippen LogP contribution in [0, 0.1) is 79.8 Å². The first-order chi connectivity index (χ1) is 34.6. The molecule has 1 amide bonds. The first-order valence-electron chi connectivity index (χ1n) is 26.8. The number of hydrogen-bond acceptors (Lipinski definition) is 16. The average Bonchev–Trinajstić information content (AvgIpc) is 4.10. The van der Waals surface area contributed by atoms with Crippen molar-refractivity contribution in [2.75, 3.05) is 38.3 Å². The van der Waals surface area contributed by atoms with Crippen LogP contribution >= 0.6 is 0 Å². The summed E-state index contributed by atoms with van der Waals surface area (Å²) in [5.41, 5.74) is 3.67. The number of carboxylic acid groups (broad SMARTS) is 1. The molecule has 5 aliphatic carbocycles. The van der Waals surface area contributed by atoms with E-state index in [1.165, 1.54) is 0 Å². The third kappa shape index (κ3) is 7.68. The second-order valence-corrected chi connectivity index (χ2v) is 25.2. The summed E-state index contributed by atoms with van der Waals surface area (Å²) in [6.45, 7) is 9.91. The Morgan fingerprint density at radius 1 is 0.959 bits per heavy atom. The lowest BCUT2D eigenvalue weighted by Crippen LogP contribution is -2.74. The molecule has 0 bridgehead atoms. The molecule has 15 N–H and O–H groups in total. The SMILES string of the molecule is CC1(CO)CCC2(C(=O)O)C(C1)C1=CCC3C4(C)C(CC5C(CO)C(=O)NC5C(CCC(N)O)c5cnc[nH]5)C(O)C(OC5OCC(O)C(O)C5O)C(C)(CO)C4CCC3(C)C1(C)C1Cc3[nH]cnc3NCC12. The number of carbonyl (C=O) groups is 2. The molecule has 6 fully saturated rings. The number of fused-ring (bicyclic) bond motifs is 11. The number of H-pyrrole nitrogens is 2. The summed E-state index contributed by atoms with van der Waals surface area (Å²) in [7, 11) is 0. The molecule has 20 nitrogen and oxygen atoms in total. The Balaban J connectivity index is 1.15. The molecule has 8 aliphatic rings. The third-order valence-electron chi connectivity index (χ3n) is 22.2. The van der Waals surface area contributed by atoms with E-state index in [-0.39, 0.29) is 55.6 Å². The molecule has 3 aliphatic heterocycles. The molecule has 0 radical (unpaired) electrons. The molecule has 20 heteroatoms. The lowest BCUT2D eigenvalue weighted by atomic mass is 9.29. The summed E-state index contributed by atoms with van der Waals surface area (Å²) >= 11 is 0. The van der Waals surface area contributed by atoms with Gasteiger partial charge in [0.15, 0.2) is 6.29 Å². The van der Waals surface area contributed by atoms with E-state index in [1.807, 2.05) is 6.92 Å². The van der Waals surface area contributed by atoms with Crippen LogP contribution < -0.4 is 16.4 Å². The highest BCUT2D eigenvalue weighted by atomic mass is 16.7. The number of nitrogens with one attached hydrogen (secondary N) is 4. The second kappa shape index (κ2) is 18.9. The molecule has 5 heterocycles. The van der Waals surface area contributed by atoms with Gasteiger partial charge in [0, 0.05) is 42.4 Å². The van der Waals surface area contributed by atoms with Crippen LogP contribution in [-0.4, -0.2) is 160 Å². The van der Waals surface area contributed by atoms with E-state index in [1.54, 1.807) is 18.9 Å². The summed E-state index contributed by atoms with van der Waals surface area (Å²) in [4.78, 5) is 44.1. The Morgan fingerprint density at radius 3 is 2.40 bits per heavy atom. The highest BCUT2D eigenvalue weighted by Crippen LogP contribution is 2.79. The first-order valence-corrected chi connectivity index (χ1v) is 26.8.